The Kier molecular flexibility index (Phi) is 9.36. The van der Waals surface area contributed by atoms with Crippen molar-refractivity contribution in [3.63, 3.8) is 0 Å². The molecule has 43 heavy (non-hydrogen) atoms. The first kappa shape index (κ1) is 33.0. The van der Waals surface area contributed by atoms with Crippen LogP contribution < -0.4 is 5.73 Å². The number of fused-ring (bicyclic) bond motifs is 1. The number of amides is 1. The molecule has 12 heteroatoms. The van der Waals surface area contributed by atoms with Gasteiger partial charge in [0, 0.05) is 18.2 Å². The van der Waals surface area contributed by atoms with Crippen molar-refractivity contribution >= 4 is 37.2 Å². The molecule has 1 fully saturated rings. The van der Waals surface area contributed by atoms with E-state index in [1.165, 1.54) is 23.6 Å². The summed E-state index contributed by atoms with van der Waals surface area (Å²) >= 11 is 1.19. The van der Waals surface area contributed by atoms with Gasteiger partial charge >= 0.3 is 19.5 Å². The monoisotopic (exact) mass is 630 g/mol. The van der Waals surface area contributed by atoms with E-state index in [2.05, 4.69) is 0 Å². The molecule has 2 heterocycles. The van der Waals surface area contributed by atoms with Gasteiger partial charge in [0.25, 0.3) is 5.91 Å². The highest BCUT2D eigenvalue weighted by molar-refractivity contribution is 8.00. The lowest BCUT2D eigenvalue weighted by molar-refractivity contribution is -0.156. The van der Waals surface area contributed by atoms with Gasteiger partial charge in [-0.3, -0.25) is 19.1 Å². The van der Waals surface area contributed by atoms with Gasteiger partial charge in [0.15, 0.2) is 6.10 Å². The van der Waals surface area contributed by atoms with Gasteiger partial charge in [0.1, 0.15) is 17.7 Å². The Morgan fingerprint density at radius 2 is 1.47 bits per heavy atom. The topological polar surface area (TPSA) is 134 Å². The molecule has 0 unspecified atom stereocenters. The molecular formula is C31H39N2O8PS. The van der Waals surface area contributed by atoms with Crippen LogP contribution in [0.2, 0.25) is 0 Å². The summed E-state index contributed by atoms with van der Waals surface area (Å²) in [6, 6.07) is 18.4. The second-order valence-corrected chi connectivity index (χ2v) is 15.6. The van der Waals surface area contributed by atoms with Gasteiger partial charge in [-0.25, -0.2) is 4.79 Å². The molecule has 10 nitrogen and oxygen atoms in total. The largest absolute Gasteiger partial charge is 0.461 e. The molecule has 2 aliphatic heterocycles. The quantitative estimate of drug-likeness (QED) is 0.214. The molecule has 2 atom stereocenters. The molecule has 0 aliphatic carbocycles. The van der Waals surface area contributed by atoms with E-state index in [0.717, 1.165) is 11.1 Å². The summed E-state index contributed by atoms with van der Waals surface area (Å²) in [4.78, 5) is 41.0. The number of carbonyl (C=O) groups excluding carboxylic acids is 3. The number of esters is 2. The second-order valence-electron chi connectivity index (χ2n) is 12.4. The highest BCUT2D eigenvalue weighted by Gasteiger charge is 2.74. The average Bonchev–Trinajstić information content (AvgIpc) is 2.92. The molecule has 0 spiro atoms. The summed E-state index contributed by atoms with van der Waals surface area (Å²) in [7, 11) is -4.35. The van der Waals surface area contributed by atoms with E-state index in [0.29, 0.717) is 5.57 Å². The summed E-state index contributed by atoms with van der Waals surface area (Å²) < 4.78 is 37.8. The first-order chi connectivity index (χ1) is 20.0. The number of carbonyl (C=O) groups is 3. The highest BCUT2D eigenvalue weighted by atomic mass is 32.2. The Balaban J connectivity index is 1.76. The number of nitrogens with two attached hydrogens (primary N) is 1. The summed E-state index contributed by atoms with van der Waals surface area (Å²) in [5.74, 6) is -2.03. The molecule has 4 rings (SSSR count). The predicted octanol–water partition coefficient (Wildman–Crippen LogP) is 5.53. The van der Waals surface area contributed by atoms with Crippen LogP contribution in [0.25, 0.3) is 0 Å². The molecular weight excluding hydrogens is 591 g/mol. The SMILES string of the molecule is CC(=O)OCC1=C(C(=O)OC(c2ccccc2)c2ccccc2)N2C(=O)[C@@](N)(P(=O)(OC(C)(C)C)OC(C)(C)C)[C@H]2SC1. The van der Waals surface area contributed by atoms with E-state index < -0.39 is 53.4 Å². The minimum absolute atomic E-state index is 0.106. The van der Waals surface area contributed by atoms with Crippen LogP contribution in [0.5, 0.6) is 0 Å². The summed E-state index contributed by atoms with van der Waals surface area (Å²) in [6.45, 7) is 11.2. The zero-order chi connectivity index (χ0) is 31.8. The van der Waals surface area contributed by atoms with Crippen LogP contribution in [0, 0.1) is 0 Å². The van der Waals surface area contributed by atoms with E-state index in [1.54, 1.807) is 41.5 Å². The molecule has 1 amide bonds. The van der Waals surface area contributed by atoms with Crippen molar-refractivity contribution in [3.05, 3.63) is 83.1 Å². The highest BCUT2D eigenvalue weighted by Crippen LogP contribution is 2.69. The van der Waals surface area contributed by atoms with Gasteiger partial charge in [-0.15, -0.1) is 11.8 Å². The number of hydrogen-bond acceptors (Lipinski definition) is 10. The summed E-state index contributed by atoms with van der Waals surface area (Å²) in [5, 5.41) is -3.07. The third-order valence-electron chi connectivity index (χ3n) is 6.48. The van der Waals surface area contributed by atoms with Crippen molar-refractivity contribution in [3.8, 4) is 0 Å². The maximum atomic E-state index is 14.5. The lowest BCUT2D eigenvalue weighted by Gasteiger charge is -2.57. The number of hydrogen-bond donors (Lipinski definition) is 1. The molecule has 0 aromatic heterocycles. The fourth-order valence-corrected chi connectivity index (χ4v) is 9.21. The Labute approximate surface area is 256 Å². The number of β-lactam (4-membered cyclic amide) rings is 1. The minimum Gasteiger partial charge on any atom is -0.461 e. The third-order valence-corrected chi connectivity index (χ3v) is 11.0. The predicted molar refractivity (Wildman–Crippen MR) is 164 cm³/mol. The standard InChI is InChI=1S/C31H39N2O8PS/c1-20(34)38-18-23-19-43-28-31(32,42(37,40-29(2,3)4)41-30(5,6)7)27(36)33(28)24(23)26(35)39-25(21-14-10-8-11-15-21)22-16-12-9-13-17-22/h8-17,25,28H,18-19,32H2,1-7H3/t28-,31-/m1/s1. The number of rotatable bonds is 9. The zero-order valence-electron chi connectivity index (χ0n) is 25.5. The maximum Gasteiger partial charge on any atom is 0.364 e. The number of nitrogens with zero attached hydrogens (tertiary/aromatic N) is 1. The van der Waals surface area contributed by atoms with Crippen LogP contribution >= 0.6 is 19.4 Å². The van der Waals surface area contributed by atoms with E-state index >= 15 is 0 Å². The maximum absolute atomic E-state index is 14.5. The molecule has 0 radical (unpaired) electrons. The van der Waals surface area contributed by atoms with Gasteiger partial charge in [0.2, 0.25) is 5.28 Å². The van der Waals surface area contributed by atoms with Gasteiger partial charge in [-0.2, -0.15) is 0 Å². The van der Waals surface area contributed by atoms with Crippen molar-refractivity contribution in [2.45, 2.75) is 76.4 Å². The summed E-state index contributed by atoms with van der Waals surface area (Å²) in [6.07, 6.45) is -0.802. The van der Waals surface area contributed by atoms with Crippen molar-refractivity contribution in [2.75, 3.05) is 12.4 Å². The average molecular weight is 631 g/mol. The van der Waals surface area contributed by atoms with Crippen molar-refractivity contribution in [1.82, 2.24) is 4.90 Å². The smallest absolute Gasteiger partial charge is 0.364 e. The zero-order valence-corrected chi connectivity index (χ0v) is 27.2. The van der Waals surface area contributed by atoms with E-state index in [1.807, 2.05) is 60.7 Å². The van der Waals surface area contributed by atoms with Crippen LogP contribution in [0.15, 0.2) is 71.9 Å². The van der Waals surface area contributed by atoms with Crippen LogP contribution in [-0.4, -0.2) is 57.0 Å². The van der Waals surface area contributed by atoms with Crippen LogP contribution in [0.3, 0.4) is 0 Å². The Hall–Kier alpha value is -2.95. The van der Waals surface area contributed by atoms with Gasteiger partial charge in [-0.1, -0.05) is 60.7 Å². The van der Waals surface area contributed by atoms with Crippen LogP contribution in [0.1, 0.15) is 65.7 Å². The first-order valence-electron chi connectivity index (χ1n) is 13.9. The van der Waals surface area contributed by atoms with Crippen molar-refractivity contribution in [2.24, 2.45) is 5.73 Å². The fourth-order valence-electron chi connectivity index (χ4n) is 4.81. The number of ether oxygens (including phenoxy) is 2. The van der Waals surface area contributed by atoms with Crippen molar-refractivity contribution in [1.29, 1.82) is 0 Å². The van der Waals surface area contributed by atoms with E-state index in [4.69, 9.17) is 24.3 Å². The number of thioether (sulfide) groups is 1. The molecule has 2 aliphatic rings. The van der Waals surface area contributed by atoms with E-state index in [9.17, 15) is 18.9 Å². The van der Waals surface area contributed by atoms with Gasteiger partial charge < -0.3 is 24.3 Å². The summed E-state index contributed by atoms with van der Waals surface area (Å²) in [5.41, 5.74) is 6.48. The molecule has 2 aromatic rings. The van der Waals surface area contributed by atoms with Crippen LogP contribution in [-0.2, 0) is 37.5 Å². The minimum atomic E-state index is -4.35. The fraction of sp³-hybridized carbons (Fsp3) is 0.452. The van der Waals surface area contributed by atoms with Gasteiger partial charge in [-0.05, 0) is 52.7 Å². The second kappa shape index (κ2) is 12.2. The normalized spacial score (nSPS) is 20.9. The molecule has 2 aromatic carbocycles. The van der Waals surface area contributed by atoms with E-state index in [-0.39, 0.29) is 18.1 Å². The van der Waals surface area contributed by atoms with Crippen molar-refractivity contribution < 1.29 is 37.5 Å². The Morgan fingerprint density at radius 3 is 1.91 bits per heavy atom. The van der Waals surface area contributed by atoms with Gasteiger partial charge in [0.05, 0.1) is 11.2 Å². The lowest BCUT2D eigenvalue weighted by Crippen LogP contribution is -2.78. The molecule has 2 N–H and O–H groups in total. The first-order valence-corrected chi connectivity index (χ1v) is 16.5. The Bertz CT molecular complexity index is 1390. The molecule has 1 saturated heterocycles. The molecule has 0 bridgehead atoms. The lowest BCUT2D eigenvalue weighted by atomic mass is 10.0. The number of benzene rings is 2. The Morgan fingerprint density at radius 1 is 0.977 bits per heavy atom. The molecule has 0 saturated carbocycles. The molecule has 232 valence electrons. The third kappa shape index (κ3) is 6.91. The van der Waals surface area contributed by atoms with Crippen LogP contribution in [0.4, 0.5) is 0 Å².